The number of thiazole rings is 1. The van der Waals surface area contributed by atoms with E-state index in [2.05, 4.69) is 15.3 Å². The number of aromatic nitrogens is 2. The SMILES string of the molecule is O=C(COC(=O)c1ccc[nH]c1=O)Nc1nc(-c2ccccc2)cs1. The number of carbonyl (C=O) groups is 2. The van der Waals surface area contributed by atoms with Crippen LogP contribution in [0, 0.1) is 0 Å². The monoisotopic (exact) mass is 355 g/mol. The molecule has 1 amide bonds. The molecular formula is C17H13N3O4S. The maximum Gasteiger partial charge on any atom is 0.344 e. The molecule has 0 bridgehead atoms. The van der Waals surface area contributed by atoms with E-state index in [1.165, 1.54) is 29.7 Å². The van der Waals surface area contributed by atoms with Gasteiger partial charge in [0.1, 0.15) is 5.56 Å². The van der Waals surface area contributed by atoms with Gasteiger partial charge in [-0.2, -0.15) is 0 Å². The van der Waals surface area contributed by atoms with Gasteiger partial charge in [-0.05, 0) is 12.1 Å². The summed E-state index contributed by atoms with van der Waals surface area (Å²) < 4.78 is 4.84. The summed E-state index contributed by atoms with van der Waals surface area (Å²) in [5, 5.41) is 4.78. The molecular weight excluding hydrogens is 342 g/mol. The van der Waals surface area contributed by atoms with Crippen LogP contribution in [0.3, 0.4) is 0 Å². The highest BCUT2D eigenvalue weighted by molar-refractivity contribution is 7.14. The number of esters is 1. The molecule has 1 aromatic carbocycles. The molecule has 8 heteroatoms. The normalized spacial score (nSPS) is 10.2. The summed E-state index contributed by atoms with van der Waals surface area (Å²) >= 11 is 1.27. The van der Waals surface area contributed by atoms with Crippen molar-refractivity contribution < 1.29 is 14.3 Å². The van der Waals surface area contributed by atoms with E-state index in [1.807, 2.05) is 35.7 Å². The third-order valence-corrected chi connectivity index (χ3v) is 3.95. The van der Waals surface area contributed by atoms with E-state index in [4.69, 9.17) is 4.74 Å². The largest absolute Gasteiger partial charge is 0.452 e. The van der Waals surface area contributed by atoms with E-state index in [0.29, 0.717) is 5.13 Å². The van der Waals surface area contributed by atoms with Crippen molar-refractivity contribution in [3.8, 4) is 11.3 Å². The number of rotatable bonds is 5. The van der Waals surface area contributed by atoms with Crippen LogP contribution >= 0.6 is 11.3 Å². The van der Waals surface area contributed by atoms with Crippen LogP contribution in [0.2, 0.25) is 0 Å². The zero-order valence-electron chi connectivity index (χ0n) is 12.9. The summed E-state index contributed by atoms with van der Waals surface area (Å²) in [5.74, 6) is -1.39. The van der Waals surface area contributed by atoms with E-state index in [0.717, 1.165) is 11.3 Å². The van der Waals surface area contributed by atoms with Crippen molar-refractivity contribution in [3.05, 3.63) is 70.0 Å². The number of benzene rings is 1. The van der Waals surface area contributed by atoms with Gasteiger partial charge in [-0.1, -0.05) is 30.3 Å². The Morgan fingerprint density at radius 2 is 1.96 bits per heavy atom. The minimum Gasteiger partial charge on any atom is -0.452 e. The van der Waals surface area contributed by atoms with Crippen LogP contribution in [0.25, 0.3) is 11.3 Å². The summed E-state index contributed by atoms with van der Waals surface area (Å²) in [6.45, 7) is -0.507. The average molecular weight is 355 g/mol. The number of amides is 1. The zero-order chi connectivity index (χ0) is 17.6. The van der Waals surface area contributed by atoms with Crippen molar-refractivity contribution in [1.82, 2.24) is 9.97 Å². The fraction of sp³-hybridized carbons (Fsp3) is 0.0588. The molecule has 2 aromatic heterocycles. The number of anilines is 1. The third-order valence-electron chi connectivity index (χ3n) is 3.19. The van der Waals surface area contributed by atoms with E-state index in [9.17, 15) is 14.4 Å². The summed E-state index contributed by atoms with van der Waals surface area (Å²) in [6.07, 6.45) is 1.40. The lowest BCUT2D eigenvalue weighted by molar-refractivity contribution is -0.119. The number of hydrogen-bond donors (Lipinski definition) is 2. The van der Waals surface area contributed by atoms with Gasteiger partial charge >= 0.3 is 5.97 Å². The van der Waals surface area contributed by atoms with E-state index in [-0.39, 0.29) is 5.56 Å². The number of aromatic amines is 1. The van der Waals surface area contributed by atoms with Gasteiger partial charge in [-0.15, -0.1) is 11.3 Å². The number of pyridine rings is 1. The van der Waals surface area contributed by atoms with Crippen LogP contribution in [-0.4, -0.2) is 28.5 Å². The molecule has 3 rings (SSSR count). The lowest BCUT2D eigenvalue weighted by Crippen LogP contribution is -2.24. The number of ether oxygens (including phenoxy) is 1. The summed E-state index contributed by atoms with van der Waals surface area (Å²) in [7, 11) is 0. The maximum absolute atomic E-state index is 11.9. The summed E-state index contributed by atoms with van der Waals surface area (Å²) in [6, 6.07) is 12.4. The van der Waals surface area contributed by atoms with Crippen LogP contribution in [0.5, 0.6) is 0 Å². The predicted molar refractivity (Wildman–Crippen MR) is 93.5 cm³/mol. The van der Waals surface area contributed by atoms with Gasteiger partial charge in [0.15, 0.2) is 11.7 Å². The van der Waals surface area contributed by atoms with Crippen molar-refractivity contribution in [3.63, 3.8) is 0 Å². The van der Waals surface area contributed by atoms with E-state index >= 15 is 0 Å². The fourth-order valence-corrected chi connectivity index (χ4v) is 2.76. The first-order valence-corrected chi connectivity index (χ1v) is 8.17. The first-order valence-electron chi connectivity index (χ1n) is 7.29. The number of nitrogens with one attached hydrogen (secondary N) is 2. The molecule has 2 N–H and O–H groups in total. The lowest BCUT2D eigenvalue weighted by Gasteiger charge is -2.04. The maximum atomic E-state index is 11.9. The Bertz CT molecular complexity index is 950. The molecule has 0 aliphatic heterocycles. The predicted octanol–water partition coefficient (Wildman–Crippen LogP) is 2.29. The molecule has 0 radical (unpaired) electrons. The molecule has 0 aliphatic carbocycles. The van der Waals surface area contributed by atoms with Crippen molar-refractivity contribution in [2.45, 2.75) is 0 Å². The van der Waals surface area contributed by atoms with Gasteiger partial charge in [-0.25, -0.2) is 9.78 Å². The molecule has 0 unspecified atom stereocenters. The zero-order valence-corrected chi connectivity index (χ0v) is 13.7. The first kappa shape index (κ1) is 16.6. The molecule has 2 heterocycles. The Hall–Kier alpha value is -3.26. The summed E-state index contributed by atoms with van der Waals surface area (Å²) in [5.41, 5.74) is 0.957. The van der Waals surface area contributed by atoms with Crippen molar-refractivity contribution in [1.29, 1.82) is 0 Å². The van der Waals surface area contributed by atoms with Gasteiger partial charge in [0.05, 0.1) is 5.69 Å². The Morgan fingerprint density at radius 3 is 2.72 bits per heavy atom. The highest BCUT2D eigenvalue weighted by atomic mass is 32.1. The van der Waals surface area contributed by atoms with E-state index < -0.39 is 24.0 Å². The van der Waals surface area contributed by atoms with Gasteiger partial charge in [0.2, 0.25) is 0 Å². The molecule has 126 valence electrons. The van der Waals surface area contributed by atoms with Gasteiger partial charge in [0, 0.05) is 17.1 Å². The Morgan fingerprint density at radius 1 is 1.16 bits per heavy atom. The van der Waals surface area contributed by atoms with Crippen molar-refractivity contribution in [2.75, 3.05) is 11.9 Å². The highest BCUT2D eigenvalue weighted by Crippen LogP contribution is 2.24. The van der Waals surface area contributed by atoms with Crippen LogP contribution in [0.4, 0.5) is 5.13 Å². The second-order valence-corrected chi connectivity index (χ2v) is 5.80. The molecule has 0 spiro atoms. The average Bonchev–Trinajstić information content (AvgIpc) is 3.09. The Balaban J connectivity index is 1.57. The molecule has 0 saturated carbocycles. The Labute approximate surface area is 146 Å². The second-order valence-electron chi connectivity index (χ2n) is 4.94. The number of nitrogens with zero attached hydrogens (tertiary/aromatic N) is 1. The quantitative estimate of drug-likeness (QED) is 0.684. The Kier molecular flexibility index (Phi) is 5.00. The van der Waals surface area contributed by atoms with E-state index in [1.54, 1.807) is 0 Å². The van der Waals surface area contributed by atoms with Crippen LogP contribution < -0.4 is 10.9 Å². The number of carbonyl (C=O) groups excluding carboxylic acids is 2. The van der Waals surface area contributed by atoms with Crippen LogP contribution in [0.15, 0.2) is 58.8 Å². The van der Waals surface area contributed by atoms with Crippen molar-refractivity contribution >= 4 is 28.3 Å². The van der Waals surface area contributed by atoms with Gasteiger partial charge in [0.25, 0.3) is 11.5 Å². The second kappa shape index (κ2) is 7.54. The topological polar surface area (TPSA) is 101 Å². The smallest absolute Gasteiger partial charge is 0.344 e. The fourth-order valence-electron chi connectivity index (χ4n) is 2.02. The first-order chi connectivity index (χ1) is 12.1. The highest BCUT2D eigenvalue weighted by Gasteiger charge is 2.14. The lowest BCUT2D eigenvalue weighted by atomic mass is 10.2. The third kappa shape index (κ3) is 4.18. The molecule has 7 nitrogen and oxygen atoms in total. The number of H-pyrrole nitrogens is 1. The molecule has 0 atom stereocenters. The summed E-state index contributed by atoms with van der Waals surface area (Å²) in [4.78, 5) is 41.8. The molecule has 0 fully saturated rings. The molecule has 0 saturated heterocycles. The van der Waals surface area contributed by atoms with Crippen LogP contribution in [0.1, 0.15) is 10.4 Å². The van der Waals surface area contributed by atoms with Crippen molar-refractivity contribution in [2.24, 2.45) is 0 Å². The minimum atomic E-state index is -0.860. The van der Waals surface area contributed by atoms with Gasteiger partial charge < -0.3 is 9.72 Å². The number of hydrogen-bond acceptors (Lipinski definition) is 6. The molecule has 25 heavy (non-hydrogen) atoms. The van der Waals surface area contributed by atoms with Gasteiger partial charge in [-0.3, -0.25) is 14.9 Å². The standard InChI is InChI=1S/C17H13N3O4S/c21-14(9-24-16(23)12-7-4-8-18-15(12)22)20-17-19-13(10-25-17)11-5-2-1-3-6-11/h1-8,10H,9H2,(H,18,22)(H,19,20,21). The molecule has 0 aliphatic rings. The van der Waals surface area contributed by atoms with Crippen LogP contribution in [-0.2, 0) is 9.53 Å². The minimum absolute atomic E-state index is 0.157. The molecule has 3 aromatic rings.